The van der Waals surface area contributed by atoms with Gasteiger partial charge >= 0.3 is 0 Å². The number of anilines is 1. The van der Waals surface area contributed by atoms with Gasteiger partial charge in [0.2, 0.25) is 0 Å². The van der Waals surface area contributed by atoms with Gasteiger partial charge in [0.15, 0.2) is 0 Å². The summed E-state index contributed by atoms with van der Waals surface area (Å²) in [5.41, 5.74) is 6.68. The molecule has 3 nitrogen and oxygen atoms in total. The summed E-state index contributed by atoms with van der Waals surface area (Å²) in [4.78, 5) is 2.35. The van der Waals surface area contributed by atoms with Gasteiger partial charge < -0.3 is 14.7 Å². The molecule has 0 aromatic heterocycles. The van der Waals surface area contributed by atoms with E-state index in [1.54, 1.807) is 0 Å². The van der Waals surface area contributed by atoms with Crippen LogP contribution in [0.1, 0.15) is 61.3 Å². The molecule has 5 rings (SSSR count). The minimum Gasteiger partial charge on any atom is -0.488 e. The summed E-state index contributed by atoms with van der Waals surface area (Å²) >= 11 is 0. The molecule has 1 heterocycles. The molecule has 2 atom stereocenters. The van der Waals surface area contributed by atoms with Crippen LogP contribution in [0.4, 0.5) is 5.69 Å². The highest BCUT2D eigenvalue weighted by Gasteiger charge is 2.33. The average molecular weight is 442 g/mol. The normalized spacial score (nSPS) is 20.8. The monoisotopic (exact) mass is 441 g/mol. The van der Waals surface area contributed by atoms with Crippen LogP contribution in [0.3, 0.4) is 0 Å². The van der Waals surface area contributed by atoms with Crippen LogP contribution < -0.4 is 9.64 Å². The van der Waals surface area contributed by atoms with Crippen LogP contribution in [0.25, 0.3) is 0 Å². The topological polar surface area (TPSA) is 32.7 Å². The summed E-state index contributed by atoms with van der Waals surface area (Å²) in [5.74, 6) is 2.17. The summed E-state index contributed by atoms with van der Waals surface area (Å²) in [5, 5.41) is 9.34. The Bertz CT molecular complexity index is 1080. The average Bonchev–Trinajstić information content (AvgIpc) is 2.77. The number of aliphatic hydroxyl groups is 1. The van der Waals surface area contributed by atoms with Gasteiger partial charge in [-0.05, 0) is 86.1 Å². The summed E-state index contributed by atoms with van der Waals surface area (Å²) in [6.45, 7) is 8.49. The molecular formula is C30H35NO2. The van der Waals surface area contributed by atoms with Gasteiger partial charge in [0.25, 0.3) is 0 Å². The van der Waals surface area contributed by atoms with Crippen molar-refractivity contribution in [2.45, 2.75) is 51.0 Å². The van der Waals surface area contributed by atoms with Gasteiger partial charge in [-0.2, -0.15) is 0 Å². The molecule has 3 heteroatoms. The van der Waals surface area contributed by atoms with Crippen molar-refractivity contribution in [2.24, 2.45) is 5.92 Å². The van der Waals surface area contributed by atoms with Crippen molar-refractivity contribution in [2.75, 3.05) is 24.6 Å². The molecule has 3 aromatic rings. The molecule has 3 aromatic carbocycles. The van der Waals surface area contributed by atoms with Gasteiger partial charge in [0.1, 0.15) is 11.4 Å². The molecule has 1 N–H and O–H groups in total. The van der Waals surface area contributed by atoms with Crippen LogP contribution in [0.2, 0.25) is 0 Å². The fourth-order valence-electron chi connectivity index (χ4n) is 5.47. The lowest BCUT2D eigenvalue weighted by molar-refractivity contribution is 0.130. The largest absolute Gasteiger partial charge is 0.488 e. The third-order valence-corrected chi connectivity index (χ3v) is 7.06. The van der Waals surface area contributed by atoms with Crippen molar-refractivity contribution in [1.29, 1.82) is 0 Å². The molecule has 1 saturated heterocycles. The van der Waals surface area contributed by atoms with E-state index in [0.717, 1.165) is 31.7 Å². The molecule has 1 aliphatic carbocycles. The Kier molecular flexibility index (Phi) is 5.92. The molecule has 0 amide bonds. The van der Waals surface area contributed by atoms with Crippen molar-refractivity contribution in [3.8, 4) is 5.75 Å². The molecule has 0 saturated carbocycles. The van der Waals surface area contributed by atoms with Crippen molar-refractivity contribution < 1.29 is 9.84 Å². The van der Waals surface area contributed by atoms with Crippen LogP contribution >= 0.6 is 0 Å². The molecule has 33 heavy (non-hydrogen) atoms. The fraction of sp³-hybridized carbons (Fsp3) is 0.400. The third kappa shape index (κ3) is 4.65. The van der Waals surface area contributed by atoms with E-state index in [0.29, 0.717) is 17.8 Å². The van der Waals surface area contributed by atoms with E-state index in [4.69, 9.17) is 4.74 Å². The van der Waals surface area contributed by atoms with Crippen LogP contribution in [-0.2, 0) is 6.42 Å². The quantitative estimate of drug-likeness (QED) is 0.515. The van der Waals surface area contributed by atoms with Gasteiger partial charge in [0, 0.05) is 37.2 Å². The number of aryl methyl sites for hydroxylation is 1. The standard InChI is InChI=1S/C30H35NO2/c1-30(2,3)33-26-14-16-28-24(17-26)11-15-27(22-7-5-4-6-8-22)29(28)23-9-12-25(13-10-23)31-18-21(19-31)20-32/h4-10,12-14,16-17,21,27,29,32H,11,15,18-20H2,1-3H3/t27-,29+/m1/s1. The lowest BCUT2D eigenvalue weighted by Crippen LogP contribution is -2.48. The zero-order valence-corrected chi connectivity index (χ0v) is 20.0. The maximum absolute atomic E-state index is 9.34. The SMILES string of the molecule is CC(C)(C)Oc1ccc2c(c1)CC[C@H](c1ccccc1)[C@@H]2c1ccc(N2CC(CO)C2)cc1. The number of nitrogens with zero attached hydrogens (tertiary/aromatic N) is 1. The Balaban J connectivity index is 1.49. The Morgan fingerprint density at radius 2 is 1.64 bits per heavy atom. The van der Waals surface area contributed by atoms with E-state index in [-0.39, 0.29) is 12.2 Å². The van der Waals surface area contributed by atoms with Gasteiger partial charge in [-0.3, -0.25) is 0 Å². The predicted molar refractivity (Wildman–Crippen MR) is 135 cm³/mol. The number of ether oxygens (including phenoxy) is 1. The second-order valence-corrected chi connectivity index (χ2v) is 10.7. The Morgan fingerprint density at radius 1 is 0.909 bits per heavy atom. The zero-order valence-electron chi connectivity index (χ0n) is 20.0. The Morgan fingerprint density at radius 3 is 2.30 bits per heavy atom. The number of rotatable bonds is 5. The highest BCUT2D eigenvalue weighted by atomic mass is 16.5. The van der Waals surface area contributed by atoms with E-state index in [2.05, 4.69) is 98.5 Å². The second-order valence-electron chi connectivity index (χ2n) is 10.7. The minimum atomic E-state index is -0.198. The maximum Gasteiger partial charge on any atom is 0.120 e. The van der Waals surface area contributed by atoms with E-state index in [9.17, 15) is 5.11 Å². The lowest BCUT2D eigenvalue weighted by atomic mass is 9.69. The molecule has 0 radical (unpaired) electrons. The fourth-order valence-corrected chi connectivity index (χ4v) is 5.47. The van der Waals surface area contributed by atoms with E-state index < -0.39 is 0 Å². The first-order chi connectivity index (χ1) is 15.9. The molecule has 0 spiro atoms. The number of hydrogen-bond acceptors (Lipinski definition) is 3. The molecule has 0 bridgehead atoms. The summed E-state index contributed by atoms with van der Waals surface area (Å²) in [7, 11) is 0. The van der Waals surface area contributed by atoms with Gasteiger partial charge in [0.05, 0.1) is 0 Å². The summed E-state index contributed by atoms with van der Waals surface area (Å²) in [6.07, 6.45) is 2.20. The van der Waals surface area contributed by atoms with Crippen molar-refractivity contribution in [3.63, 3.8) is 0 Å². The number of hydrogen-bond donors (Lipinski definition) is 1. The summed E-state index contributed by atoms with van der Waals surface area (Å²) < 4.78 is 6.18. The Hall–Kier alpha value is -2.78. The number of aliphatic hydroxyl groups excluding tert-OH is 1. The highest BCUT2D eigenvalue weighted by Crippen LogP contribution is 2.47. The van der Waals surface area contributed by atoms with Crippen LogP contribution in [-0.4, -0.2) is 30.4 Å². The number of benzene rings is 3. The molecule has 0 unspecified atom stereocenters. The predicted octanol–water partition coefficient (Wildman–Crippen LogP) is 6.15. The van der Waals surface area contributed by atoms with Gasteiger partial charge in [-0.15, -0.1) is 0 Å². The molecule has 172 valence electrons. The zero-order chi connectivity index (χ0) is 23.0. The molecular weight excluding hydrogens is 406 g/mol. The van der Waals surface area contributed by atoms with Crippen LogP contribution in [0, 0.1) is 5.92 Å². The first-order valence-electron chi connectivity index (χ1n) is 12.2. The third-order valence-electron chi connectivity index (χ3n) is 7.06. The van der Waals surface area contributed by atoms with Gasteiger partial charge in [-0.25, -0.2) is 0 Å². The molecule has 1 fully saturated rings. The lowest BCUT2D eigenvalue weighted by Gasteiger charge is -2.40. The Labute approximate surface area is 198 Å². The van der Waals surface area contributed by atoms with Crippen LogP contribution in [0.15, 0.2) is 72.8 Å². The summed E-state index contributed by atoms with van der Waals surface area (Å²) in [6, 6.07) is 26.8. The molecule has 1 aliphatic heterocycles. The van der Waals surface area contributed by atoms with Crippen molar-refractivity contribution in [3.05, 3.63) is 95.1 Å². The maximum atomic E-state index is 9.34. The number of fused-ring (bicyclic) bond motifs is 1. The van der Waals surface area contributed by atoms with E-state index >= 15 is 0 Å². The minimum absolute atomic E-state index is 0.198. The van der Waals surface area contributed by atoms with Crippen LogP contribution in [0.5, 0.6) is 5.75 Å². The first kappa shape index (κ1) is 22.0. The van der Waals surface area contributed by atoms with Crippen molar-refractivity contribution in [1.82, 2.24) is 0 Å². The smallest absolute Gasteiger partial charge is 0.120 e. The molecule has 2 aliphatic rings. The second kappa shape index (κ2) is 8.87. The highest BCUT2D eigenvalue weighted by molar-refractivity contribution is 5.53. The van der Waals surface area contributed by atoms with E-state index in [1.165, 1.54) is 27.9 Å². The van der Waals surface area contributed by atoms with Crippen molar-refractivity contribution >= 4 is 5.69 Å². The first-order valence-corrected chi connectivity index (χ1v) is 12.2. The van der Waals surface area contributed by atoms with Gasteiger partial charge in [-0.1, -0.05) is 48.5 Å². The van der Waals surface area contributed by atoms with E-state index in [1.807, 2.05) is 0 Å².